The van der Waals surface area contributed by atoms with Crippen molar-refractivity contribution in [3.8, 4) is 6.07 Å². The van der Waals surface area contributed by atoms with E-state index in [1.165, 1.54) is 6.07 Å². The van der Waals surface area contributed by atoms with Crippen LogP contribution in [0.2, 0.25) is 0 Å². The van der Waals surface area contributed by atoms with Gasteiger partial charge in [0.25, 0.3) is 0 Å². The van der Waals surface area contributed by atoms with Gasteiger partial charge < -0.3 is 4.90 Å². The van der Waals surface area contributed by atoms with Gasteiger partial charge in [-0.3, -0.25) is 0 Å². The Bertz CT molecular complexity index is 664. The van der Waals surface area contributed by atoms with Gasteiger partial charge in [-0.05, 0) is 24.0 Å². The van der Waals surface area contributed by atoms with E-state index >= 15 is 0 Å². The summed E-state index contributed by atoms with van der Waals surface area (Å²) < 4.78 is 13.8. The second-order valence-electron chi connectivity index (χ2n) is 4.64. The van der Waals surface area contributed by atoms with E-state index in [9.17, 15) is 9.65 Å². The maximum atomic E-state index is 13.8. The fourth-order valence-electron chi connectivity index (χ4n) is 2.19. The number of thioether (sulfide) groups is 1. The van der Waals surface area contributed by atoms with Gasteiger partial charge in [0.05, 0.1) is 11.3 Å². The maximum Gasteiger partial charge on any atom is 0.128 e. The molecule has 0 aliphatic carbocycles. The van der Waals surface area contributed by atoms with Gasteiger partial charge in [0, 0.05) is 24.1 Å². The highest BCUT2D eigenvalue weighted by molar-refractivity contribution is 7.99. The molecule has 0 heterocycles. The number of nitrogens with zero attached hydrogens (tertiary/aromatic N) is 2. The number of hydrogen-bond donors (Lipinski definition) is 0. The molecule has 0 aliphatic rings. The summed E-state index contributed by atoms with van der Waals surface area (Å²) in [7, 11) is 1.88. The van der Waals surface area contributed by atoms with E-state index in [4.69, 9.17) is 0 Å². The Kier molecular flexibility index (Phi) is 5.24. The molecule has 21 heavy (non-hydrogen) atoms. The summed E-state index contributed by atoms with van der Waals surface area (Å²) in [4.78, 5) is 2.88. The lowest BCUT2D eigenvalue weighted by molar-refractivity contribution is 0.608. The molecule has 108 valence electrons. The Labute approximate surface area is 129 Å². The van der Waals surface area contributed by atoms with Gasteiger partial charge in [-0.1, -0.05) is 31.2 Å². The molecular weight excluding hydrogens is 283 g/mol. The van der Waals surface area contributed by atoms with Crippen molar-refractivity contribution >= 4 is 17.4 Å². The van der Waals surface area contributed by atoms with Crippen LogP contribution in [0.1, 0.15) is 18.1 Å². The topological polar surface area (TPSA) is 27.0 Å². The highest BCUT2D eigenvalue weighted by atomic mass is 32.2. The Morgan fingerprint density at radius 2 is 1.95 bits per heavy atom. The molecule has 4 heteroatoms. The van der Waals surface area contributed by atoms with Crippen molar-refractivity contribution in [2.75, 3.05) is 17.7 Å². The largest absolute Gasteiger partial charge is 0.369 e. The normalized spacial score (nSPS) is 10.2. The summed E-state index contributed by atoms with van der Waals surface area (Å²) >= 11 is 1.64. The van der Waals surface area contributed by atoms with Crippen LogP contribution in [-0.2, 0) is 6.54 Å². The van der Waals surface area contributed by atoms with E-state index in [1.54, 1.807) is 23.9 Å². The molecule has 0 radical (unpaired) electrons. The molecule has 0 N–H and O–H groups in total. The SMILES string of the molecule is CCSc1cccc(N(C)Cc2ccccc2F)c1C#N. The summed E-state index contributed by atoms with van der Waals surface area (Å²) in [6.07, 6.45) is 0. The maximum absolute atomic E-state index is 13.8. The molecule has 0 amide bonds. The molecule has 2 aromatic carbocycles. The average molecular weight is 300 g/mol. The molecule has 0 aliphatic heterocycles. The average Bonchev–Trinajstić information content (AvgIpc) is 2.49. The van der Waals surface area contributed by atoms with Gasteiger partial charge in [0.1, 0.15) is 11.9 Å². The summed E-state index contributed by atoms with van der Waals surface area (Å²) in [6, 6.07) is 14.8. The van der Waals surface area contributed by atoms with Crippen LogP contribution in [0.3, 0.4) is 0 Å². The van der Waals surface area contributed by atoms with Crippen molar-refractivity contribution in [2.24, 2.45) is 0 Å². The van der Waals surface area contributed by atoms with Gasteiger partial charge in [-0.25, -0.2) is 4.39 Å². The zero-order valence-electron chi connectivity index (χ0n) is 12.1. The van der Waals surface area contributed by atoms with Gasteiger partial charge in [-0.15, -0.1) is 11.8 Å². The third-order valence-electron chi connectivity index (χ3n) is 3.19. The molecule has 0 fully saturated rings. The monoisotopic (exact) mass is 300 g/mol. The van der Waals surface area contributed by atoms with E-state index in [0.29, 0.717) is 17.7 Å². The number of nitriles is 1. The van der Waals surface area contributed by atoms with Gasteiger partial charge >= 0.3 is 0 Å². The van der Waals surface area contributed by atoms with E-state index in [-0.39, 0.29) is 5.82 Å². The second kappa shape index (κ2) is 7.14. The van der Waals surface area contributed by atoms with Crippen LogP contribution in [-0.4, -0.2) is 12.8 Å². The number of benzene rings is 2. The smallest absolute Gasteiger partial charge is 0.128 e. The predicted octanol–water partition coefficient (Wildman–Crippen LogP) is 4.45. The molecule has 2 rings (SSSR count). The minimum Gasteiger partial charge on any atom is -0.369 e. The number of halogens is 1. The van der Waals surface area contributed by atoms with E-state index < -0.39 is 0 Å². The van der Waals surface area contributed by atoms with Gasteiger partial charge in [0.15, 0.2) is 0 Å². The second-order valence-corrected chi connectivity index (χ2v) is 5.95. The lowest BCUT2D eigenvalue weighted by atomic mass is 10.1. The van der Waals surface area contributed by atoms with E-state index in [1.807, 2.05) is 36.2 Å². The molecule has 2 aromatic rings. The van der Waals surface area contributed by atoms with Crippen molar-refractivity contribution in [3.05, 3.63) is 59.4 Å². The fourth-order valence-corrected chi connectivity index (χ4v) is 2.97. The molecule has 0 saturated heterocycles. The number of rotatable bonds is 5. The summed E-state index contributed by atoms with van der Waals surface area (Å²) in [5, 5.41) is 9.43. The lowest BCUT2D eigenvalue weighted by Gasteiger charge is -2.22. The first-order valence-electron chi connectivity index (χ1n) is 6.77. The number of anilines is 1. The molecule has 0 bridgehead atoms. The van der Waals surface area contributed by atoms with E-state index in [2.05, 4.69) is 13.0 Å². The third kappa shape index (κ3) is 3.56. The molecule has 0 aromatic heterocycles. The standard InChI is InChI=1S/C17H17FN2S/c1-3-21-17-10-6-9-16(14(17)11-19)20(2)12-13-7-4-5-8-15(13)18/h4-10H,3,12H2,1-2H3. The van der Waals surface area contributed by atoms with Gasteiger partial charge in [-0.2, -0.15) is 5.26 Å². The van der Waals surface area contributed by atoms with E-state index in [0.717, 1.165) is 16.3 Å². The Morgan fingerprint density at radius 1 is 1.19 bits per heavy atom. The summed E-state index contributed by atoms with van der Waals surface area (Å²) in [5.74, 6) is 0.691. The molecule has 0 saturated carbocycles. The highest BCUT2D eigenvalue weighted by Gasteiger charge is 2.13. The minimum absolute atomic E-state index is 0.220. The molecule has 0 spiro atoms. The van der Waals surface area contributed by atoms with Crippen molar-refractivity contribution < 1.29 is 4.39 Å². The molecular formula is C17H17FN2S. The first-order chi connectivity index (χ1) is 10.2. The highest BCUT2D eigenvalue weighted by Crippen LogP contribution is 2.30. The predicted molar refractivity (Wildman–Crippen MR) is 86.1 cm³/mol. The summed E-state index contributed by atoms with van der Waals surface area (Å²) in [5.41, 5.74) is 2.11. The van der Waals surface area contributed by atoms with Crippen molar-refractivity contribution in [1.82, 2.24) is 0 Å². The van der Waals surface area contributed by atoms with Crippen molar-refractivity contribution in [3.63, 3.8) is 0 Å². The lowest BCUT2D eigenvalue weighted by Crippen LogP contribution is -2.18. The van der Waals surface area contributed by atoms with Crippen LogP contribution in [0, 0.1) is 17.1 Å². The van der Waals surface area contributed by atoms with Crippen LogP contribution < -0.4 is 4.90 Å². The van der Waals surface area contributed by atoms with Crippen LogP contribution in [0.15, 0.2) is 47.4 Å². The third-order valence-corrected chi connectivity index (χ3v) is 4.13. The van der Waals surface area contributed by atoms with Crippen LogP contribution in [0.5, 0.6) is 0 Å². The Morgan fingerprint density at radius 3 is 2.62 bits per heavy atom. The van der Waals surface area contributed by atoms with Crippen LogP contribution >= 0.6 is 11.8 Å². The molecule has 0 atom stereocenters. The zero-order valence-corrected chi connectivity index (χ0v) is 13.0. The Balaban J connectivity index is 2.31. The van der Waals surface area contributed by atoms with Crippen molar-refractivity contribution in [1.29, 1.82) is 5.26 Å². The zero-order chi connectivity index (χ0) is 15.2. The van der Waals surface area contributed by atoms with Gasteiger partial charge in [0.2, 0.25) is 0 Å². The van der Waals surface area contributed by atoms with Crippen molar-refractivity contribution in [2.45, 2.75) is 18.4 Å². The number of hydrogen-bond acceptors (Lipinski definition) is 3. The molecule has 0 unspecified atom stereocenters. The molecule has 2 nitrogen and oxygen atoms in total. The van der Waals surface area contributed by atoms with Crippen LogP contribution in [0.4, 0.5) is 10.1 Å². The first-order valence-corrected chi connectivity index (χ1v) is 7.76. The minimum atomic E-state index is -0.220. The summed E-state index contributed by atoms with van der Waals surface area (Å²) in [6.45, 7) is 2.49. The Hall–Kier alpha value is -1.99. The van der Waals surface area contributed by atoms with Crippen LogP contribution in [0.25, 0.3) is 0 Å². The quantitative estimate of drug-likeness (QED) is 0.764. The fraction of sp³-hybridized carbons (Fsp3) is 0.235. The first kappa shape index (κ1) is 15.4.